The highest BCUT2D eigenvalue weighted by molar-refractivity contribution is 6.42. The van der Waals surface area contributed by atoms with Gasteiger partial charge in [-0.1, -0.05) is 29.3 Å². The molecule has 1 unspecified atom stereocenters. The second-order valence-electron chi connectivity index (χ2n) is 4.91. The molecular weight excluding hydrogens is 299 g/mol. The van der Waals surface area contributed by atoms with Crippen LogP contribution < -0.4 is 10.6 Å². The minimum absolute atomic E-state index is 0.0858. The molecule has 110 valence electrons. The molecule has 6 heteroatoms. The Bertz CT molecular complexity index is 486. The Labute approximate surface area is 128 Å². The van der Waals surface area contributed by atoms with Crippen molar-refractivity contribution in [3.05, 3.63) is 33.8 Å². The van der Waals surface area contributed by atoms with Crippen LogP contribution in [0.2, 0.25) is 10.0 Å². The highest BCUT2D eigenvalue weighted by Crippen LogP contribution is 2.31. The van der Waals surface area contributed by atoms with Gasteiger partial charge in [-0.3, -0.25) is 4.79 Å². The van der Waals surface area contributed by atoms with Crippen molar-refractivity contribution >= 4 is 29.1 Å². The minimum atomic E-state index is -0.615. The van der Waals surface area contributed by atoms with Crippen LogP contribution in [-0.4, -0.2) is 32.1 Å². The zero-order valence-electron chi connectivity index (χ0n) is 11.3. The van der Waals surface area contributed by atoms with E-state index < -0.39 is 5.60 Å². The van der Waals surface area contributed by atoms with Gasteiger partial charge in [0.2, 0.25) is 5.91 Å². The number of carbonyl (C=O) groups excluding carboxylic acids is 1. The van der Waals surface area contributed by atoms with Crippen LogP contribution in [0.15, 0.2) is 18.2 Å². The van der Waals surface area contributed by atoms with Crippen molar-refractivity contribution in [2.45, 2.75) is 18.9 Å². The van der Waals surface area contributed by atoms with Crippen LogP contribution in [0.3, 0.4) is 0 Å². The predicted molar refractivity (Wildman–Crippen MR) is 80.3 cm³/mol. The lowest BCUT2D eigenvalue weighted by Crippen LogP contribution is -2.47. The summed E-state index contributed by atoms with van der Waals surface area (Å²) in [6.45, 7) is 4.03. The summed E-state index contributed by atoms with van der Waals surface area (Å²) in [6.07, 6.45) is 0.934. The summed E-state index contributed by atoms with van der Waals surface area (Å²) < 4.78 is 6.04. The molecule has 0 saturated carbocycles. The summed E-state index contributed by atoms with van der Waals surface area (Å²) in [7, 11) is 0. The lowest BCUT2D eigenvalue weighted by Gasteiger charge is -2.33. The van der Waals surface area contributed by atoms with Crippen molar-refractivity contribution in [3.8, 4) is 0 Å². The van der Waals surface area contributed by atoms with E-state index >= 15 is 0 Å². The van der Waals surface area contributed by atoms with E-state index in [0.717, 1.165) is 18.5 Å². The quantitative estimate of drug-likeness (QED) is 0.900. The van der Waals surface area contributed by atoms with Crippen LogP contribution in [0, 0.1) is 0 Å². The first-order chi connectivity index (χ1) is 9.53. The van der Waals surface area contributed by atoms with Crippen molar-refractivity contribution in [3.63, 3.8) is 0 Å². The van der Waals surface area contributed by atoms with E-state index in [4.69, 9.17) is 27.9 Å². The topological polar surface area (TPSA) is 50.4 Å². The molecule has 1 aromatic carbocycles. The highest BCUT2D eigenvalue weighted by atomic mass is 35.5. The van der Waals surface area contributed by atoms with Gasteiger partial charge in [-0.15, -0.1) is 0 Å². The Balaban J connectivity index is 2.32. The standard InChI is InChI=1S/C14H18Cl2N2O2/c1-10(19)18-9-14(8-17-5-2-6-20-14)11-3-4-12(15)13(16)7-11/h3-4,7,17H,2,5-6,8-9H2,1H3,(H,18,19). The first-order valence-corrected chi connectivity index (χ1v) is 7.34. The molecule has 1 amide bonds. The van der Waals surface area contributed by atoms with Gasteiger partial charge in [0.15, 0.2) is 0 Å². The molecule has 4 nitrogen and oxygen atoms in total. The lowest BCUT2D eigenvalue weighted by atomic mass is 9.93. The number of nitrogens with one attached hydrogen (secondary N) is 2. The number of hydrogen-bond donors (Lipinski definition) is 2. The third-order valence-electron chi connectivity index (χ3n) is 3.36. The molecule has 0 bridgehead atoms. The molecule has 20 heavy (non-hydrogen) atoms. The third-order valence-corrected chi connectivity index (χ3v) is 4.09. The van der Waals surface area contributed by atoms with Crippen molar-refractivity contribution in [1.82, 2.24) is 10.6 Å². The smallest absolute Gasteiger partial charge is 0.216 e. The van der Waals surface area contributed by atoms with E-state index in [0.29, 0.717) is 29.7 Å². The Morgan fingerprint density at radius 1 is 1.45 bits per heavy atom. The summed E-state index contributed by atoms with van der Waals surface area (Å²) in [5.74, 6) is -0.0858. The zero-order valence-corrected chi connectivity index (χ0v) is 12.9. The first-order valence-electron chi connectivity index (χ1n) is 6.58. The molecule has 2 rings (SSSR count). The van der Waals surface area contributed by atoms with Gasteiger partial charge in [0.05, 0.1) is 16.6 Å². The number of rotatable bonds is 3. The van der Waals surface area contributed by atoms with Gasteiger partial charge in [0.1, 0.15) is 5.60 Å². The Hall–Kier alpha value is -0.810. The number of hydrogen-bond acceptors (Lipinski definition) is 3. The van der Waals surface area contributed by atoms with Crippen molar-refractivity contribution in [1.29, 1.82) is 0 Å². The van der Waals surface area contributed by atoms with Crippen LogP contribution in [0.5, 0.6) is 0 Å². The zero-order chi connectivity index (χ0) is 14.6. The maximum Gasteiger partial charge on any atom is 0.216 e. The van der Waals surface area contributed by atoms with Crippen molar-refractivity contribution in [2.24, 2.45) is 0 Å². The fraction of sp³-hybridized carbons (Fsp3) is 0.500. The largest absolute Gasteiger partial charge is 0.367 e. The van der Waals surface area contributed by atoms with E-state index in [2.05, 4.69) is 10.6 Å². The van der Waals surface area contributed by atoms with Gasteiger partial charge in [-0.2, -0.15) is 0 Å². The maximum absolute atomic E-state index is 11.2. The molecular formula is C14H18Cl2N2O2. The molecule has 1 aromatic rings. The van der Waals surface area contributed by atoms with Gasteiger partial charge in [0, 0.05) is 20.1 Å². The van der Waals surface area contributed by atoms with E-state index in [-0.39, 0.29) is 5.91 Å². The predicted octanol–water partition coefficient (Wildman–Crippen LogP) is 2.33. The van der Waals surface area contributed by atoms with Crippen molar-refractivity contribution in [2.75, 3.05) is 26.2 Å². The lowest BCUT2D eigenvalue weighted by molar-refractivity contribution is -0.121. The van der Waals surface area contributed by atoms with Gasteiger partial charge in [-0.25, -0.2) is 0 Å². The molecule has 0 aromatic heterocycles. The number of halogens is 2. The van der Waals surface area contributed by atoms with Crippen LogP contribution in [-0.2, 0) is 15.1 Å². The summed E-state index contributed by atoms with van der Waals surface area (Å²) in [6, 6.07) is 5.45. The molecule has 1 saturated heterocycles. The number of carbonyl (C=O) groups is 1. The minimum Gasteiger partial charge on any atom is -0.367 e. The van der Waals surface area contributed by atoms with Gasteiger partial charge >= 0.3 is 0 Å². The SMILES string of the molecule is CC(=O)NCC1(c2ccc(Cl)c(Cl)c2)CNCCCO1. The van der Waals surface area contributed by atoms with E-state index in [1.807, 2.05) is 6.07 Å². The van der Waals surface area contributed by atoms with Gasteiger partial charge < -0.3 is 15.4 Å². The normalized spacial score (nSPS) is 23.1. The monoisotopic (exact) mass is 316 g/mol. The Morgan fingerprint density at radius 3 is 2.95 bits per heavy atom. The Kier molecular flexibility index (Phi) is 5.27. The molecule has 1 fully saturated rings. The average molecular weight is 317 g/mol. The van der Waals surface area contributed by atoms with Crippen molar-refractivity contribution < 1.29 is 9.53 Å². The van der Waals surface area contributed by atoms with Crippen LogP contribution in [0.25, 0.3) is 0 Å². The molecule has 1 heterocycles. The van der Waals surface area contributed by atoms with E-state index in [9.17, 15) is 4.79 Å². The molecule has 1 aliphatic rings. The summed E-state index contributed by atoms with van der Waals surface area (Å²) >= 11 is 12.1. The Morgan fingerprint density at radius 2 is 2.25 bits per heavy atom. The molecule has 0 aliphatic carbocycles. The molecule has 0 radical (unpaired) electrons. The van der Waals surface area contributed by atoms with Crippen LogP contribution >= 0.6 is 23.2 Å². The number of benzene rings is 1. The third kappa shape index (κ3) is 3.64. The molecule has 2 N–H and O–H groups in total. The number of ether oxygens (including phenoxy) is 1. The second-order valence-corrected chi connectivity index (χ2v) is 5.73. The first kappa shape index (κ1) is 15.6. The van der Waals surface area contributed by atoms with Crippen LogP contribution in [0.4, 0.5) is 0 Å². The van der Waals surface area contributed by atoms with Gasteiger partial charge in [0.25, 0.3) is 0 Å². The molecule has 0 spiro atoms. The van der Waals surface area contributed by atoms with Crippen LogP contribution in [0.1, 0.15) is 18.9 Å². The van der Waals surface area contributed by atoms with E-state index in [1.54, 1.807) is 12.1 Å². The summed E-state index contributed by atoms with van der Waals surface area (Å²) in [5, 5.41) is 7.17. The van der Waals surface area contributed by atoms with E-state index in [1.165, 1.54) is 6.92 Å². The molecule has 1 aliphatic heterocycles. The highest BCUT2D eigenvalue weighted by Gasteiger charge is 2.35. The number of amides is 1. The fourth-order valence-electron chi connectivity index (χ4n) is 2.25. The summed E-state index contributed by atoms with van der Waals surface area (Å²) in [5.41, 5.74) is 0.297. The maximum atomic E-state index is 11.2. The fourth-order valence-corrected chi connectivity index (χ4v) is 2.55. The average Bonchev–Trinajstić information content (AvgIpc) is 2.66. The molecule has 1 atom stereocenters. The second kappa shape index (κ2) is 6.76. The summed E-state index contributed by atoms with van der Waals surface area (Å²) in [4.78, 5) is 11.2. The van der Waals surface area contributed by atoms with Gasteiger partial charge in [-0.05, 0) is 30.7 Å².